The molecule has 1 aliphatic heterocycles. The second-order valence-corrected chi connectivity index (χ2v) is 10.7. The molecule has 0 saturated heterocycles. The van der Waals surface area contributed by atoms with Crippen molar-refractivity contribution >= 4 is 10.9 Å². The molecule has 0 atom stereocenters. The van der Waals surface area contributed by atoms with Crippen LogP contribution in [0.3, 0.4) is 0 Å². The summed E-state index contributed by atoms with van der Waals surface area (Å²) in [6.07, 6.45) is 33.9. The molecule has 0 aromatic heterocycles. The fourth-order valence-corrected chi connectivity index (χ4v) is 5.70. The van der Waals surface area contributed by atoms with Gasteiger partial charge in [-0.15, -0.1) is 0 Å². The van der Waals surface area contributed by atoms with Gasteiger partial charge >= 0.3 is 0 Å². The Hall–Kier alpha value is -0.170. The van der Waals surface area contributed by atoms with Crippen LogP contribution in [-0.2, 0) is 0 Å². The summed E-state index contributed by atoms with van der Waals surface area (Å²) in [5, 5.41) is 4.82. The lowest BCUT2D eigenvalue weighted by Crippen LogP contribution is -1.86. The number of hydrogen-bond donors (Lipinski definition) is 1. The van der Waals surface area contributed by atoms with E-state index in [0.717, 1.165) is 0 Å². The molecular formula is C26H50S. The van der Waals surface area contributed by atoms with Gasteiger partial charge in [-0.05, 0) is 23.0 Å². The van der Waals surface area contributed by atoms with Gasteiger partial charge in [0, 0.05) is 0 Å². The van der Waals surface area contributed by atoms with Crippen LogP contribution in [0.15, 0.2) is 23.0 Å². The molecule has 0 amide bonds. The van der Waals surface area contributed by atoms with Crippen molar-refractivity contribution in [2.24, 2.45) is 0 Å². The molecule has 1 rings (SSSR count). The Morgan fingerprint density at radius 1 is 0.407 bits per heavy atom. The van der Waals surface area contributed by atoms with E-state index >= 15 is 0 Å². The molecule has 0 unspecified atom stereocenters. The van der Waals surface area contributed by atoms with E-state index < -0.39 is 0 Å². The lowest BCUT2D eigenvalue weighted by atomic mass is 10.0. The van der Waals surface area contributed by atoms with Crippen LogP contribution < -0.4 is 0 Å². The molecule has 0 spiro atoms. The number of rotatable bonds is 21. The van der Waals surface area contributed by atoms with Crippen LogP contribution in [-0.4, -0.2) is 5.75 Å². The highest BCUT2D eigenvalue weighted by Crippen LogP contribution is 2.33. The zero-order valence-electron chi connectivity index (χ0n) is 18.6. The summed E-state index contributed by atoms with van der Waals surface area (Å²) in [6, 6.07) is 0. The minimum atomic E-state index is 0.148. The van der Waals surface area contributed by atoms with Crippen molar-refractivity contribution in [1.29, 1.82) is 0 Å². The summed E-state index contributed by atoms with van der Waals surface area (Å²) >= 11 is 0. The molecule has 0 nitrogen and oxygen atoms in total. The molecule has 1 heterocycles. The molecule has 1 heteroatoms. The Bertz CT molecular complexity index is 332. The molecular weight excluding hydrogens is 344 g/mol. The van der Waals surface area contributed by atoms with Crippen molar-refractivity contribution in [2.45, 2.75) is 135 Å². The first-order valence-corrected chi connectivity index (χ1v) is 14.2. The molecule has 0 saturated carbocycles. The Morgan fingerprint density at radius 3 is 1.04 bits per heavy atom. The van der Waals surface area contributed by atoms with Gasteiger partial charge in [0.25, 0.3) is 0 Å². The summed E-state index contributed by atoms with van der Waals surface area (Å²) in [4.78, 5) is 0. The topological polar surface area (TPSA) is 0 Å². The quantitative estimate of drug-likeness (QED) is 0.145. The minimum absolute atomic E-state index is 0.148. The smallest absolute Gasteiger partial charge is 0.0185 e. The highest BCUT2D eigenvalue weighted by molar-refractivity contribution is 8.22. The lowest BCUT2D eigenvalue weighted by molar-refractivity contribution is 0.523. The molecule has 1 aliphatic rings. The SMILES string of the molecule is CCCCCCCCCCCCCCCCCCCCCC[SH]1C=CC=C1. The maximum Gasteiger partial charge on any atom is -0.0185 e. The van der Waals surface area contributed by atoms with Crippen molar-refractivity contribution < 1.29 is 0 Å². The molecule has 0 bridgehead atoms. The average Bonchev–Trinajstić information content (AvgIpc) is 3.20. The van der Waals surface area contributed by atoms with E-state index in [0.29, 0.717) is 0 Å². The van der Waals surface area contributed by atoms with E-state index in [2.05, 4.69) is 29.9 Å². The Balaban J connectivity index is 1.63. The third-order valence-corrected chi connectivity index (χ3v) is 7.88. The third-order valence-electron chi connectivity index (χ3n) is 5.94. The molecule has 0 aliphatic carbocycles. The number of allylic oxidation sites excluding steroid dienone is 2. The number of unbranched alkanes of at least 4 members (excludes halogenated alkanes) is 19. The summed E-state index contributed by atoms with van der Waals surface area (Å²) in [5.41, 5.74) is 0. The van der Waals surface area contributed by atoms with Gasteiger partial charge in [-0.2, -0.15) is 0 Å². The maximum absolute atomic E-state index is 2.41. The van der Waals surface area contributed by atoms with Crippen molar-refractivity contribution in [3.8, 4) is 0 Å². The second kappa shape index (κ2) is 20.6. The maximum atomic E-state index is 2.41. The Labute approximate surface area is 175 Å². The molecule has 0 aromatic rings. The van der Waals surface area contributed by atoms with Crippen LogP contribution in [0.5, 0.6) is 0 Å². The fourth-order valence-electron chi connectivity index (χ4n) is 4.07. The summed E-state index contributed by atoms with van der Waals surface area (Å²) in [6.45, 7) is 2.30. The van der Waals surface area contributed by atoms with Crippen molar-refractivity contribution in [1.82, 2.24) is 0 Å². The molecule has 0 fully saturated rings. The van der Waals surface area contributed by atoms with Crippen LogP contribution in [0.25, 0.3) is 0 Å². The summed E-state index contributed by atoms with van der Waals surface area (Å²) in [7, 11) is 0.148. The van der Waals surface area contributed by atoms with Crippen molar-refractivity contribution in [3.63, 3.8) is 0 Å². The van der Waals surface area contributed by atoms with E-state index in [-0.39, 0.29) is 10.9 Å². The van der Waals surface area contributed by atoms with E-state index in [1.165, 1.54) is 134 Å². The van der Waals surface area contributed by atoms with Gasteiger partial charge < -0.3 is 0 Å². The normalized spacial score (nSPS) is 14.5. The van der Waals surface area contributed by atoms with Crippen molar-refractivity contribution in [3.05, 3.63) is 23.0 Å². The zero-order valence-corrected chi connectivity index (χ0v) is 19.5. The van der Waals surface area contributed by atoms with Crippen LogP contribution in [0, 0.1) is 0 Å². The van der Waals surface area contributed by atoms with E-state index in [9.17, 15) is 0 Å². The van der Waals surface area contributed by atoms with Gasteiger partial charge in [0.15, 0.2) is 0 Å². The third kappa shape index (κ3) is 17.6. The fraction of sp³-hybridized carbons (Fsp3) is 0.846. The monoisotopic (exact) mass is 394 g/mol. The van der Waals surface area contributed by atoms with Crippen LogP contribution >= 0.6 is 10.9 Å². The number of hydrogen-bond acceptors (Lipinski definition) is 0. The average molecular weight is 395 g/mol. The van der Waals surface area contributed by atoms with Gasteiger partial charge in [0.1, 0.15) is 0 Å². The molecule has 0 radical (unpaired) electrons. The Kier molecular flexibility index (Phi) is 18.9. The van der Waals surface area contributed by atoms with Crippen LogP contribution in [0.2, 0.25) is 0 Å². The van der Waals surface area contributed by atoms with Crippen LogP contribution in [0.1, 0.15) is 135 Å². The van der Waals surface area contributed by atoms with Gasteiger partial charge in [0.05, 0.1) is 0 Å². The summed E-state index contributed by atoms with van der Waals surface area (Å²) < 4.78 is 0. The standard InChI is InChI=1S/C26H50S/c1-2-3-4-5-6-7-8-9-10-11-12-13-14-15-16-17-18-19-20-21-24-27-25-22-23-26-27/h22-23,25-27H,2-21,24H2,1H3. The Morgan fingerprint density at radius 2 is 0.704 bits per heavy atom. The van der Waals surface area contributed by atoms with E-state index in [1.54, 1.807) is 0 Å². The first kappa shape index (κ1) is 24.9. The predicted molar refractivity (Wildman–Crippen MR) is 130 cm³/mol. The molecule has 0 N–H and O–H groups in total. The lowest BCUT2D eigenvalue weighted by Gasteiger charge is -2.09. The molecule has 27 heavy (non-hydrogen) atoms. The van der Waals surface area contributed by atoms with Gasteiger partial charge in [-0.3, -0.25) is 0 Å². The van der Waals surface area contributed by atoms with Gasteiger partial charge in [0.2, 0.25) is 0 Å². The van der Waals surface area contributed by atoms with Gasteiger partial charge in [-0.1, -0.05) is 141 Å². The predicted octanol–water partition coefficient (Wildman–Crippen LogP) is 9.85. The van der Waals surface area contributed by atoms with E-state index in [1.807, 2.05) is 0 Å². The molecule has 0 aromatic carbocycles. The van der Waals surface area contributed by atoms with E-state index in [4.69, 9.17) is 0 Å². The first-order valence-electron chi connectivity index (χ1n) is 12.5. The minimum Gasteiger partial charge on any atom is -0.213 e. The number of thiol groups is 1. The van der Waals surface area contributed by atoms with Crippen molar-refractivity contribution in [2.75, 3.05) is 5.75 Å². The second-order valence-electron chi connectivity index (χ2n) is 8.64. The summed E-state index contributed by atoms with van der Waals surface area (Å²) in [5.74, 6) is 1.43. The molecule has 160 valence electrons. The first-order chi connectivity index (χ1) is 13.4. The highest BCUT2D eigenvalue weighted by atomic mass is 32.2. The largest absolute Gasteiger partial charge is 0.213 e. The van der Waals surface area contributed by atoms with Crippen LogP contribution in [0.4, 0.5) is 0 Å². The zero-order chi connectivity index (χ0) is 19.3. The highest BCUT2D eigenvalue weighted by Gasteiger charge is 1.99. The van der Waals surface area contributed by atoms with Gasteiger partial charge in [-0.25, -0.2) is 10.9 Å².